The number of rotatable bonds is 1. The van der Waals surface area contributed by atoms with E-state index < -0.39 is 18.8 Å². The maximum atomic E-state index is 11.7. The maximum absolute atomic E-state index is 11.7. The SMILES string of the molecule is CC(C)(C)OC(=O)n1cc(B2OCCO2)cn1. The number of carbonyl (C=O) groups excluding carboxylic acids is 1. The zero-order valence-corrected chi connectivity index (χ0v) is 10.2. The van der Waals surface area contributed by atoms with Crippen LogP contribution in [0.3, 0.4) is 0 Å². The maximum Gasteiger partial charge on any atom is 0.497 e. The van der Waals surface area contributed by atoms with Crippen LogP contribution in [0.5, 0.6) is 0 Å². The Morgan fingerprint density at radius 2 is 2.12 bits per heavy atom. The van der Waals surface area contributed by atoms with Gasteiger partial charge in [-0.25, -0.2) is 4.79 Å². The summed E-state index contributed by atoms with van der Waals surface area (Å²) in [5, 5.41) is 3.93. The highest BCUT2D eigenvalue weighted by Crippen LogP contribution is 2.08. The van der Waals surface area contributed by atoms with Crippen LogP contribution in [0, 0.1) is 0 Å². The van der Waals surface area contributed by atoms with E-state index in [1.807, 2.05) is 0 Å². The largest absolute Gasteiger partial charge is 0.497 e. The average molecular weight is 238 g/mol. The normalized spacial score (nSPS) is 16.3. The van der Waals surface area contributed by atoms with Crippen molar-refractivity contribution >= 4 is 18.7 Å². The molecular weight excluding hydrogens is 223 g/mol. The zero-order valence-electron chi connectivity index (χ0n) is 10.2. The van der Waals surface area contributed by atoms with Gasteiger partial charge in [0.2, 0.25) is 0 Å². The smallest absolute Gasteiger partial charge is 0.442 e. The predicted molar refractivity (Wildman–Crippen MR) is 61.2 cm³/mol. The minimum absolute atomic E-state index is 0.425. The molecule has 0 amide bonds. The third kappa shape index (κ3) is 3.07. The van der Waals surface area contributed by atoms with Crippen molar-refractivity contribution < 1.29 is 18.8 Å². The number of ether oxygens (including phenoxy) is 1. The summed E-state index contributed by atoms with van der Waals surface area (Å²) < 4.78 is 16.9. The first kappa shape index (κ1) is 12.1. The van der Waals surface area contributed by atoms with Crippen molar-refractivity contribution in [2.24, 2.45) is 0 Å². The van der Waals surface area contributed by atoms with E-state index >= 15 is 0 Å². The molecule has 0 bridgehead atoms. The highest BCUT2D eigenvalue weighted by molar-refractivity contribution is 6.61. The molecule has 1 aromatic heterocycles. The van der Waals surface area contributed by atoms with Gasteiger partial charge < -0.3 is 14.0 Å². The van der Waals surface area contributed by atoms with E-state index in [4.69, 9.17) is 14.0 Å². The molecule has 17 heavy (non-hydrogen) atoms. The molecule has 0 saturated carbocycles. The fourth-order valence-corrected chi connectivity index (χ4v) is 1.42. The van der Waals surface area contributed by atoms with Crippen molar-refractivity contribution in [3.8, 4) is 0 Å². The molecule has 0 radical (unpaired) electrons. The van der Waals surface area contributed by atoms with Gasteiger partial charge in [0.1, 0.15) is 5.60 Å². The molecule has 0 aromatic carbocycles. The highest BCUT2D eigenvalue weighted by atomic mass is 16.6. The molecule has 7 heteroatoms. The quantitative estimate of drug-likeness (QED) is 0.663. The van der Waals surface area contributed by atoms with Crippen LogP contribution in [0.4, 0.5) is 4.79 Å². The molecule has 92 valence electrons. The van der Waals surface area contributed by atoms with Gasteiger partial charge in [-0.05, 0) is 20.8 Å². The molecule has 0 aliphatic carbocycles. The summed E-state index contributed by atoms with van der Waals surface area (Å²) in [5.41, 5.74) is 0.178. The van der Waals surface area contributed by atoms with E-state index in [2.05, 4.69) is 5.10 Å². The Labute approximate surface area is 100.0 Å². The molecule has 0 spiro atoms. The lowest BCUT2D eigenvalue weighted by atomic mass is 9.82. The van der Waals surface area contributed by atoms with Crippen molar-refractivity contribution in [2.45, 2.75) is 26.4 Å². The van der Waals surface area contributed by atoms with E-state index in [1.54, 1.807) is 33.2 Å². The third-order valence-electron chi connectivity index (χ3n) is 2.08. The summed E-state index contributed by atoms with van der Waals surface area (Å²) in [6.07, 6.45) is 2.59. The van der Waals surface area contributed by atoms with Gasteiger partial charge in [0.15, 0.2) is 0 Å². The van der Waals surface area contributed by atoms with Crippen molar-refractivity contribution in [1.29, 1.82) is 0 Å². The van der Waals surface area contributed by atoms with E-state index in [0.717, 1.165) is 4.68 Å². The fourth-order valence-electron chi connectivity index (χ4n) is 1.42. The number of nitrogens with zero attached hydrogens (tertiary/aromatic N) is 2. The lowest BCUT2D eigenvalue weighted by Gasteiger charge is -2.18. The molecule has 6 nitrogen and oxygen atoms in total. The van der Waals surface area contributed by atoms with Crippen LogP contribution in [0.25, 0.3) is 0 Å². The summed E-state index contributed by atoms with van der Waals surface area (Å²) in [4.78, 5) is 11.7. The van der Waals surface area contributed by atoms with Gasteiger partial charge in [-0.3, -0.25) is 0 Å². The monoisotopic (exact) mass is 238 g/mol. The van der Waals surface area contributed by atoms with Crippen LogP contribution >= 0.6 is 0 Å². The van der Waals surface area contributed by atoms with Crippen LogP contribution in [0.1, 0.15) is 20.8 Å². The Balaban J connectivity index is 2.04. The molecule has 1 aliphatic heterocycles. The molecule has 1 fully saturated rings. The Morgan fingerprint density at radius 3 is 2.71 bits per heavy atom. The number of aromatic nitrogens is 2. The first-order valence-corrected chi connectivity index (χ1v) is 5.47. The molecule has 2 heterocycles. The lowest BCUT2D eigenvalue weighted by Crippen LogP contribution is -2.31. The molecular formula is C10H15BN2O4. The van der Waals surface area contributed by atoms with Crippen LogP contribution in [-0.2, 0) is 14.0 Å². The molecule has 2 rings (SSSR count). The van der Waals surface area contributed by atoms with Crippen molar-refractivity contribution in [3.63, 3.8) is 0 Å². The molecule has 0 N–H and O–H groups in total. The zero-order chi connectivity index (χ0) is 12.5. The van der Waals surface area contributed by atoms with Crippen LogP contribution in [-0.4, -0.2) is 41.8 Å². The topological polar surface area (TPSA) is 62.6 Å². The summed E-state index contributed by atoms with van der Waals surface area (Å²) in [7, 11) is -0.425. The second-order valence-corrected chi connectivity index (χ2v) is 4.77. The minimum atomic E-state index is -0.538. The number of hydrogen-bond acceptors (Lipinski definition) is 5. The Bertz CT molecular complexity index is 407. The van der Waals surface area contributed by atoms with Gasteiger partial charge in [-0.2, -0.15) is 9.78 Å². The lowest BCUT2D eigenvalue weighted by molar-refractivity contribution is 0.0514. The fraction of sp³-hybridized carbons (Fsp3) is 0.600. The van der Waals surface area contributed by atoms with Crippen LogP contribution in [0.15, 0.2) is 12.4 Å². The Kier molecular flexibility index (Phi) is 3.21. The molecule has 1 aromatic rings. The summed E-state index contributed by atoms with van der Waals surface area (Å²) in [6.45, 7) is 6.53. The minimum Gasteiger partial charge on any atom is -0.442 e. The Hall–Kier alpha value is -1.34. The summed E-state index contributed by atoms with van der Waals surface area (Å²) in [6, 6.07) is 0. The summed E-state index contributed by atoms with van der Waals surface area (Å²) in [5.74, 6) is 0. The van der Waals surface area contributed by atoms with Crippen molar-refractivity contribution in [3.05, 3.63) is 12.4 Å². The molecule has 1 saturated heterocycles. The number of carbonyl (C=O) groups is 1. The van der Waals surface area contributed by atoms with E-state index in [9.17, 15) is 4.79 Å². The van der Waals surface area contributed by atoms with Gasteiger partial charge in [-0.1, -0.05) is 0 Å². The van der Waals surface area contributed by atoms with Gasteiger partial charge in [-0.15, -0.1) is 0 Å². The van der Waals surface area contributed by atoms with Gasteiger partial charge in [0.25, 0.3) is 0 Å². The highest BCUT2D eigenvalue weighted by Gasteiger charge is 2.29. The first-order valence-electron chi connectivity index (χ1n) is 5.47. The molecule has 0 unspecified atom stereocenters. The summed E-state index contributed by atoms with van der Waals surface area (Å²) >= 11 is 0. The van der Waals surface area contributed by atoms with E-state index in [-0.39, 0.29) is 0 Å². The van der Waals surface area contributed by atoms with Gasteiger partial charge in [0, 0.05) is 17.9 Å². The van der Waals surface area contributed by atoms with E-state index in [0.29, 0.717) is 18.7 Å². The second-order valence-electron chi connectivity index (χ2n) is 4.77. The van der Waals surface area contributed by atoms with Crippen LogP contribution < -0.4 is 5.46 Å². The van der Waals surface area contributed by atoms with Gasteiger partial charge >= 0.3 is 13.2 Å². The van der Waals surface area contributed by atoms with E-state index in [1.165, 1.54) is 0 Å². The standard InChI is InChI=1S/C10H15BN2O4/c1-10(2,3)17-9(14)13-7-8(6-12-13)11-15-4-5-16-11/h6-7H,4-5H2,1-3H3. The van der Waals surface area contributed by atoms with Crippen molar-refractivity contribution in [2.75, 3.05) is 13.2 Å². The number of hydrogen-bond donors (Lipinski definition) is 0. The molecule has 0 atom stereocenters. The predicted octanol–water partition coefficient (Wildman–Crippen LogP) is 0.408. The van der Waals surface area contributed by atoms with Gasteiger partial charge in [0.05, 0.1) is 13.2 Å². The van der Waals surface area contributed by atoms with Crippen molar-refractivity contribution in [1.82, 2.24) is 9.78 Å². The molecule has 1 aliphatic rings. The first-order chi connectivity index (χ1) is 7.96. The average Bonchev–Trinajstić information content (AvgIpc) is 2.86. The second kappa shape index (κ2) is 4.50. The third-order valence-corrected chi connectivity index (χ3v) is 2.08. The van der Waals surface area contributed by atoms with Crippen LogP contribution in [0.2, 0.25) is 0 Å². The Morgan fingerprint density at radius 1 is 1.47 bits per heavy atom.